The lowest BCUT2D eigenvalue weighted by Gasteiger charge is -2.18. The average molecular weight is 267 g/mol. The summed E-state index contributed by atoms with van der Waals surface area (Å²) in [6.07, 6.45) is 3.15. The zero-order chi connectivity index (χ0) is 14.1. The molecule has 0 unspecified atom stereocenters. The minimum absolute atomic E-state index is 0.201. The molecule has 0 aliphatic heterocycles. The van der Waals surface area contributed by atoms with Gasteiger partial charge >= 0.3 is 0 Å². The van der Waals surface area contributed by atoms with Gasteiger partial charge in [-0.25, -0.2) is 9.67 Å². The average Bonchev–Trinajstić information content (AvgIpc) is 2.84. The van der Waals surface area contributed by atoms with Gasteiger partial charge in [-0.2, -0.15) is 5.10 Å². The first-order valence-corrected chi connectivity index (χ1v) is 7.08. The molecule has 1 aromatic rings. The first kappa shape index (κ1) is 15.6. The fourth-order valence-corrected chi connectivity index (χ4v) is 1.95. The lowest BCUT2D eigenvalue weighted by molar-refractivity contribution is -0.130. The summed E-state index contributed by atoms with van der Waals surface area (Å²) in [4.78, 5) is 17.9. The van der Waals surface area contributed by atoms with E-state index in [2.05, 4.69) is 22.3 Å². The maximum atomic E-state index is 11.8. The van der Waals surface area contributed by atoms with E-state index in [0.717, 1.165) is 31.9 Å². The van der Waals surface area contributed by atoms with Crippen LogP contribution < -0.4 is 5.32 Å². The van der Waals surface area contributed by atoms with Gasteiger partial charge in [0.15, 0.2) is 0 Å². The number of hydrogen-bond donors (Lipinski definition) is 1. The minimum Gasteiger partial charge on any atom is -0.343 e. The number of amides is 1. The van der Waals surface area contributed by atoms with Crippen molar-refractivity contribution >= 4 is 5.91 Å². The Labute approximate surface area is 115 Å². The van der Waals surface area contributed by atoms with Crippen LogP contribution in [0.3, 0.4) is 0 Å². The molecule has 6 heteroatoms. The van der Waals surface area contributed by atoms with E-state index in [1.807, 2.05) is 23.4 Å². The third kappa shape index (κ3) is 4.98. The third-order valence-electron chi connectivity index (χ3n) is 3.05. The predicted molar refractivity (Wildman–Crippen MR) is 74.6 cm³/mol. The Hall–Kier alpha value is -1.43. The molecule has 6 nitrogen and oxygen atoms in total. The van der Waals surface area contributed by atoms with Crippen LogP contribution in [0.5, 0.6) is 0 Å². The van der Waals surface area contributed by atoms with Gasteiger partial charge in [-0.3, -0.25) is 4.79 Å². The van der Waals surface area contributed by atoms with Crippen molar-refractivity contribution in [3.05, 3.63) is 12.2 Å². The lowest BCUT2D eigenvalue weighted by Crippen LogP contribution is -2.33. The van der Waals surface area contributed by atoms with Gasteiger partial charge in [-0.15, -0.1) is 0 Å². The van der Waals surface area contributed by atoms with Crippen LogP contribution in [0.15, 0.2) is 6.33 Å². The molecule has 0 aliphatic rings. The van der Waals surface area contributed by atoms with E-state index in [1.54, 1.807) is 6.33 Å². The van der Waals surface area contributed by atoms with Crippen LogP contribution in [0, 0.1) is 0 Å². The summed E-state index contributed by atoms with van der Waals surface area (Å²) in [5, 5.41) is 7.41. The minimum atomic E-state index is 0.201. The standard InChI is InChI=1S/C13H25N5O/c1-4-9-18-12(15-11-16-18)10-14-8-7-13(19)17(5-2)6-3/h11,14H,4-10H2,1-3H3. The molecule has 0 saturated carbocycles. The van der Waals surface area contributed by atoms with Crippen LogP contribution in [-0.4, -0.2) is 45.2 Å². The summed E-state index contributed by atoms with van der Waals surface area (Å²) in [5.41, 5.74) is 0. The Kier molecular flexibility index (Phi) is 7.10. The van der Waals surface area contributed by atoms with Crippen molar-refractivity contribution in [3.8, 4) is 0 Å². The molecule has 0 spiro atoms. The zero-order valence-corrected chi connectivity index (χ0v) is 12.2. The van der Waals surface area contributed by atoms with Crippen molar-refractivity contribution in [1.82, 2.24) is 25.0 Å². The van der Waals surface area contributed by atoms with Crippen LogP contribution >= 0.6 is 0 Å². The van der Waals surface area contributed by atoms with Gasteiger partial charge in [-0.05, 0) is 20.3 Å². The Bertz CT molecular complexity index is 373. The highest BCUT2D eigenvalue weighted by molar-refractivity contribution is 5.76. The quantitative estimate of drug-likeness (QED) is 0.679. The highest BCUT2D eigenvalue weighted by Gasteiger charge is 2.09. The lowest BCUT2D eigenvalue weighted by atomic mass is 10.3. The van der Waals surface area contributed by atoms with E-state index >= 15 is 0 Å². The first-order chi connectivity index (χ1) is 9.22. The maximum absolute atomic E-state index is 11.8. The largest absolute Gasteiger partial charge is 0.343 e. The SMILES string of the molecule is CCCn1ncnc1CNCCC(=O)N(CC)CC. The molecule has 0 bridgehead atoms. The number of carbonyl (C=O) groups excluding carboxylic acids is 1. The van der Waals surface area contributed by atoms with Crippen molar-refractivity contribution in [1.29, 1.82) is 0 Å². The highest BCUT2D eigenvalue weighted by atomic mass is 16.2. The van der Waals surface area contributed by atoms with E-state index < -0.39 is 0 Å². The second-order valence-corrected chi connectivity index (χ2v) is 4.39. The second-order valence-electron chi connectivity index (χ2n) is 4.39. The Morgan fingerprint density at radius 2 is 2.11 bits per heavy atom. The Balaban J connectivity index is 2.27. The van der Waals surface area contributed by atoms with Crippen LogP contribution in [-0.2, 0) is 17.9 Å². The van der Waals surface area contributed by atoms with Gasteiger partial charge in [-0.1, -0.05) is 6.92 Å². The fourth-order valence-electron chi connectivity index (χ4n) is 1.95. The van der Waals surface area contributed by atoms with Crippen LogP contribution in [0.2, 0.25) is 0 Å². The molecule has 0 fully saturated rings. The molecule has 108 valence electrons. The summed E-state index contributed by atoms with van der Waals surface area (Å²) < 4.78 is 1.90. The number of carbonyl (C=O) groups is 1. The summed E-state index contributed by atoms with van der Waals surface area (Å²) in [7, 11) is 0. The summed E-state index contributed by atoms with van der Waals surface area (Å²) >= 11 is 0. The fraction of sp³-hybridized carbons (Fsp3) is 0.769. The number of nitrogens with zero attached hydrogens (tertiary/aromatic N) is 4. The molecule has 0 aliphatic carbocycles. The van der Waals surface area contributed by atoms with Gasteiger partial charge in [0.2, 0.25) is 5.91 Å². The molecule has 0 atom stereocenters. The van der Waals surface area contributed by atoms with Gasteiger partial charge in [0.1, 0.15) is 12.2 Å². The van der Waals surface area contributed by atoms with E-state index in [9.17, 15) is 4.79 Å². The zero-order valence-electron chi connectivity index (χ0n) is 12.2. The Morgan fingerprint density at radius 1 is 1.37 bits per heavy atom. The molecule has 1 aromatic heterocycles. The molecule has 1 rings (SSSR count). The number of aryl methyl sites for hydroxylation is 1. The van der Waals surface area contributed by atoms with Crippen molar-refractivity contribution in [2.24, 2.45) is 0 Å². The third-order valence-corrected chi connectivity index (χ3v) is 3.05. The second kappa shape index (κ2) is 8.63. The van der Waals surface area contributed by atoms with Gasteiger partial charge < -0.3 is 10.2 Å². The van der Waals surface area contributed by atoms with Crippen molar-refractivity contribution in [2.75, 3.05) is 19.6 Å². The molecule has 0 aromatic carbocycles. The van der Waals surface area contributed by atoms with E-state index in [1.165, 1.54) is 0 Å². The molecule has 1 N–H and O–H groups in total. The summed E-state index contributed by atoms with van der Waals surface area (Å²) in [6, 6.07) is 0. The first-order valence-electron chi connectivity index (χ1n) is 7.08. The van der Waals surface area contributed by atoms with Crippen LogP contribution in [0.1, 0.15) is 39.4 Å². The van der Waals surface area contributed by atoms with Gasteiger partial charge in [0.05, 0.1) is 6.54 Å². The van der Waals surface area contributed by atoms with Gasteiger partial charge in [0.25, 0.3) is 0 Å². The normalized spacial score (nSPS) is 10.7. The topological polar surface area (TPSA) is 63.1 Å². The number of rotatable bonds is 9. The summed E-state index contributed by atoms with van der Waals surface area (Å²) in [6.45, 7) is 9.89. The highest BCUT2D eigenvalue weighted by Crippen LogP contribution is 1.97. The molecule has 0 saturated heterocycles. The maximum Gasteiger partial charge on any atom is 0.223 e. The number of nitrogens with one attached hydrogen (secondary N) is 1. The van der Waals surface area contributed by atoms with Crippen molar-refractivity contribution in [3.63, 3.8) is 0 Å². The Morgan fingerprint density at radius 3 is 2.74 bits per heavy atom. The van der Waals surface area contributed by atoms with Gasteiger partial charge in [0, 0.05) is 32.6 Å². The van der Waals surface area contributed by atoms with E-state index in [4.69, 9.17) is 0 Å². The molecule has 19 heavy (non-hydrogen) atoms. The molecular weight excluding hydrogens is 242 g/mol. The number of hydrogen-bond acceptors (Lipinski definition) is 4. The van der Waals surface area contributed by atoms with Crippen molar-refractivity contribution in [2.45, 2.75) is 46.7 Å². The van der Waals surface area contributed by atoms with E-state index in [-0.39, 0.29) is 5.91 Å². The van der Waals surface area contributed by atoms with E-state index in [0.29, 0.717) is 19.5 Å². The van der Waals surface area contributed by atoms with Crippen LogP contribution in [0.4, 0.5) is 0 Å². The number of aromatic nitrogens is 3. The molecule has 1 heterocycles. The molecule has 1 amide bonds. The smallest absolute Gasteiger partial charge is 0.223 e. The van der Waals surface area contributed by atoms with Crippen LogP contribution in [0.25, 0.3) is 0 Å². The predicted octanol–water partition coefficient (Wildman–Crippen LogP) is 1.04. The summed E-state index contributed by atoms with van der Waals surface area (Å²) in [5.74, 6) is 1.13. The monoisotopic (exact) mass is 267 g/mol. The molecular formula is C13H25N5O. The van der Waals surface area contributed by atoms with Crippen molar-refractivity contribution < 1.29 is 4.79 Å². The molecule has 0 radical (unpaired) electrons.